The Kier molecular flexibility index (Phi) is 1.38. The summed E-state index contributed by atoms with van der Waals surface area (Å²) in [7, 11) is 0. The second-order valence-corrected chi connectivity index (χ2v) is 2.64. The fourth-order valence-electron chi connectivity index (χ4n) is 1.35. The first-order valence-electron chi connectivity index (χ1n) is 3.67. The van der Waals surface area contributed by atoms with Gasteiger partial charge in [-0.3, -0.25) is 0 Å². The number of hydrogen-bond acceptors (Lipinski definition) is 2. The molecule has 0 aliphatic carbocycles. The molecule has 0 aromatic heterocycles. The van der Waals surface area contributed by atoms with Crippen molar-refractivity contribution < 1.29 is 4.74 Å². The molecule has 0 spiro atoms. The summed E-state index contributed by atoms with van der Waals surface area (Å²) < 4.78 is 5.11. The molecular weight excluding hydrogens is 126 g/mol. The van der Waals surface area contributed by atoms with Crippen LogP contribution >= 0.6 is 0 Å². The Hall–Kier alpha value is -0.920. The second-order valence-electron chi connectivity index (χ2n) is 2.64. The molecule has 2 aliphatic heterocycles. The van der Waals surface area contributed by atoms with Gasteiger partial charge in [-0.2, -0.15) is 0 Å². The molecule has 2 rings (SSSR count). The lowest BCUT2D eigenvalue weighted by Crippen LogP contribution is -2.28. The lowest BCUT2D eigenvalue weighted by Gasteiger charge is -2.20. The van der Waals surface area contributed by atoms with E-state index in [0.29, 0.717) is 6.04 Å². The highest BCUT2D eigenvalue weighted by molar-refractivity contribution is 5.03. The van der Waals surface area contributed by atoms with E-state index in [-0.39, 0.29) is 0 Å². The Morgan fingerprint density at radius 3 is 3.10 bits per heavy atom. The molecule has 0 saturated heterocycles. The second kappa shape index (κ2) is 2.37. The van der Waals surface area contributed by atoms with Gasteiger partial charge in [0.25, 0.3) is 0 Å². The maximum atomic E-state index is 5.11. The van der Waals surface area contributed by atoms with Gasteiger partial charge in [0.2, 0.25) is 0 Å². The zero-order valence-electron chi connectivity index (χ0n) is 5.86. The smallest absolute Gasteiger partial charge is 0.111 e. The third-order valence-electron chi connectivity index (χ3n) is 1.94. The molecular formula is C8H11NO. The molecule has 0 N–H and O–H groups in total. The van der Waals surface area contributed by atoms with Crippen LogP contribution in [-0.4, -0.2) is 24.1 Å². The van der Waals surface area contributed by atoms with Crippen molar-refractivity contribution >= 4 is 0 Å². The maximum Gasteiger partial charge on any atom is 0.111 e. The van der Waals surface area contributed by atoms with Crippen LogP contribution in [0, 0.1) is 0 Å². The highest BCUT2D eigenvalue weighted by atomic mass is 16.5. The summed E-state index contributed by atoms with van der Waals surface area (Å²) >= 11 is 0. The summed E-state index contributed by atoms with van der Waals surface area (Å²) in [6.07, 6.45) is 9.44. The van der Waals surface area contributed by atoms with Gasteiger partial charge in [-0.15, -0.1) is 0 Å². The van der Waals surface area contributed by atoms with Crippen LogP contribution in [0.15, 0.2) is 24.6 Å². The fourth-order valence-corrected chi connectivity index (χ4v) is 1.35. The van der Waals surface area contributed by atoms with E-state index in [4.69, 9.17) is 4.74 Å². The minimum atomic E-state index is 0.499. The van der Waals surface area contributed by atoms with Crippen LogP contribution in [0.25, 0.3) is 0 Å². The molecule has 0 saturated carbocycles. The van der Waals surface area contributed by atoms with Gasteiger partial charge in [0.1, 0.15) is 6.61 Å². The third-order valence-corrected chi connectivity index (χ3v) is 1.94. The van der Waals surface area contributed by atoms with Crippen LogP contribution in [0.3, 0.4) is 0 Å². The van der Waals surface area contributed by atoms with E-state index in [1.807, 2.05) is 0 Å². The average molecular weight is 137 g/mol. The summed E-state index contributed by atoms with van der Waals surface area (Å²) in [4.78, 5) is 2.31. The molecule has 54 valence electrons. The molecule has 0 amide bonds. The van der Waals surface area contributed by atoms with Crippen molar-refractivity contribution in [2.24, 2.45) is 0 Å². The molecule has 2 heterocycles. The number of ether oxygens (including phenoxy) is 1. The summed E-state index contributed by atoms with van der Waals surface area (Å²) in [5.74, 6) is 0. The quantitative estimate of drug-likeness (QED) is 0.537. The van der Waals surface area contributed by atoms with Crippen molar-refractivity contribution in [3.63, 3.8) is 0 Å². The SMILES string of the molecule is C1=CN(C2C=COC2)CC1. The zero-order valence-corrected chi connectivity index (χ0v) is 5.86. The van der Waals surface area contributed by atoms with E-state index >= 15 is 0 Å². The van der Waals surface area contributed by atoms with Gasteiger partial charge in [0, 0.05) is 6.54 Å². The first kappa shape index (κ1) is 5.83. The molecule has 2 aliphatic rings. The summed E-state index contributed by atoms with van der Waals surface area (Å²) in [6.45, 7) is 1.97. The molecule has 0 radical (unpaired) electrons. The summed E-state index contributed by atoms with van der Waals surface area (Å²) in [5, 5.41) is 0. The van der Waals surface area contributed by atoms with E-state index in [1.54, 1.807) is 6.26 Å². The van der Waals surface area contributed by atoms with Gasteiger partial charge in [-0.05, 0) is 18.7 Å². The van der Waals surface area contributed by atoms with Crippen LogP contribution in [0.4, 0.5) is 0 Å². The van der Waals surface area contributed by atoms with Crippen molar-refractivity contribution in [3.05, 3.63) is 24.6 Å². The van der Waals surface area contributed by atoms with Crippen molar-refractivity contribution in [2.45, 2.75) is 12.5 Å². The van der Waals surface area contributed by atoms with E-state index in [2.05, 4.69) is 23.3 Å². The normalized spacial score (nSPS) is 29.6. The number of hydrogen-bond donors (Lipinski definition) is 0. The molecule has 0 aromatic carbocycles. The maximum absolute atomic E-state index is 5.11. The summed E-state index contributed by atoms with van der Waals surface area (Å²) in [6, 6.07) is 0.499. The zero-order chi connectivity index (χ0) is 6.81. The van der Waals surface area contributed by atoms with Crippen LogP contribution in [0.1, 0.15) is 6.42 Å². The molecule has 0 aromatic rings. The number of rotatable bonds is 1. The number of nitrogens with zero attached hydrogens (tertiary/aromatic N) is 1. The fraction of sp³-hybridized carbons (Fsp3) is 0.500. The summed E-state index contributed by atoms with van der Waals surface area (Å²) in [5.41, 5.74) is 0. The van der Waals surface area contributed by atoms with Crippen LogP contribution < -0.4 is 0 Å². The Morgan fingerprint density at radius 2 is 2.50 bits per heavy atom. The predicted molar refractivity (Wildman–Crippen MR) is 39.3 cm³/mol. The van der Waals surface area contributed by atoms with Gasteiger partial charge >= 0.3 is 0 Å². The van der Waals surface area contributed by atoms with Gasteiger partial charge in [0.05, 0.1) is 12.3 Å². The van der Waals surface area contributed by atoms with Gasteiger partial charge < -0.3 is 9.64 Å². The lowest BCUT2D eigenvalue weighted by atomic mass is 10.3. The molecule has 10 heavy (non-hydrogen) atoms. The Morgan fingerprint density at radius 1 is 1.50 bits per heavy atom. The largest absolute Gasteiger partial charge is 0.499 e. The van der Waals surface area contributed by atoms with E-state index < -0.39 is 0 Å². The Labute approximate surface area is 60.8 Å². The van der Waals surface area contributed by atoms with E-state index in [9.17, 15) is 0 Å². The van der Waals surface area contributed by atoms with Crippen LogP contribution in [-0.2, 0) is 4.74 Å². The molecule has 1 atom stereocenters. The standard InChI is InChI=1S/C8H11NO/c1-2-5-9(4-1)8-3-6-10-7-8/h1,3-4,6,8H,2,5,7H2. The monoisotopic (exact) mass is 137 g/mol. The lowest BCUT2D eigenvalue weighted by molar-refractivity contribution is 0.210. The first-order chi connectivity index (χ1) is 4.97. The Balaban J connectivity index is 1.98. The van der Waals surface area contributed by atoms with Crippen molar-refractivity contribution in [3.8, 4) is 0 Å². The Bertz CT molecular complexity index is 154. The van der Waals surface area contributed by atoms with Gasteiger partial charge in [-0.1, -0.05) is 6.08 Å². The third kappa shape index (κ3) is 0.897. The molecule has 2 heteroatoms. The molecule has 1 unspecified atom stereocenters. The van der Waals surface area contributed by atoms with E-state index in [0.717, 1.165) is 13.2 Å². The molecule has 0 bridgehead atoms. The molecule has 0 fully saturated rings. The van der Waals surface area contributed by atoms with Crippen molar-refractivity contribution in [1.29, 1.82) is 0 Å². The highest BCUT2D eigenvalue weighted by Gasteiger charge is 2.17. The highest BCUT2D eigenvalue weighted by Crippen LogP contribution is 2.13. The van der Waals surface area contributed by atoms with Crippen LogP contribution in [0.2, 0.25) is 0 Å². The average Bonchev–Trinajstić information content (AvgIpc) is 2.59. The van der Waals surface area contributed by atoms with Crippen LogP contribution in [0.5, 0.6) is 0 Å². The van der Waals surface area contributed by atoms with Gasteiger partial charge in [0.15, 0.2) is 0 Å². The molecule has 2 nitrogen and oxygen atoms in total. The van der Waals surface area contributed by atoms with Gasteiger partial charge in [-0.25, -0.2) is 0 Å². The predicted octanol–water partition coefficient (Wildman–Crippen LogP) is 1.12. The van der Waals surface area contributed by atoms with E-state index in [1.165, 1.54) is 6.42 Å². The van der Waals surface area contributed by atoms with Crippen molar-refractivity contribution in [2.75, 3.05) is 13.2 Å². The van der Waals surface area contributed by atoms with Crippen molar-refractivity contribution in [1.82, 2.24) is 4.90 Å². The first-order valence-corrected chi connectivity index (χ1v) is 3.67. The topological polar surface area (TPSA) is 12.5 Å². The minimum Gasteiger partial charge on any atom is -0.499 e. The minimum absolute atomic E-state index is 0.499.